The zero-order valence-corrected chi connectivity index (χ0v) is 19.7. The number of hydrogen-bond donors (Lipinski definition) is 0. The van der Waals surface area contributed by atoms with Crippen molar-refractivity contribution in [2.45, 2.75) is 19.3 Å². The number of ether oxygens (including phenoxy) is 4. The summed E-state index contributed by atoms with van der Waals surface area (Å²) < 4.78 is 135. The van der Waals surface area contributed by atoms with Crippen molar-refractivity contribution in [2.75, 3.05) is 26.4 Å². The van der Waals surface area contributed by atoms with Gasteiger partial charge in [-0.15, -0.1) is 0 Å². The van der Waals surface area contributed by atoms with Gasteiger partial charge < -0.3 is 18.9 Å². The second-order valence-corrected chi connectivity index (χ2v) is 8.39. The fourth-order valence-electron chi connectivity index (χ4n) is 3.86. The first-order valence-corrected chi connectivity index (χ1v) is 11.3. The van der Waals surface area contributed by atoms with Crippen LogP contribution in [0.4, 0.5) is 35.1 Å². The van der Waals surface area contributed by atoms with Crippen LogP contribution in [-0.4, -0.2) is 26.4 Å². The highest BCUT2D eigenvalue weighted by Gasteiger charge is 2.42. The summed E-state index contributed by atoms with van der Waals surface area (Å²) in [5.74, 6) is -10.3. The molecule has 38 heavy (non-hydrogen) atoms. The first kappa shape index (κ1) is 27.8. The minimum Gasteiger partial charge on any atom is -0.429 e. The van der Waals surface area contributed by atoms with Gasteiger partial charge in [-0.3, -0.25) is 0 Å². The average Bonchev–Trinajstić information content (AvgIpc) is 2.84. The highest BCUT2D eigenvalue weighted by atomic mass is 19.3. The summed E-state index contributed by atoms with van der Waals surface area (Å²) in [6, 6.07) is 3.81. The van der Waals surface area contributed by atoms with Crippen molar-refractivity contribution in [3.05, 3.63) is 88.5 Å². The van der Waals surface area contributed by atoms with Crippen LogP contribution >= 0.6 is 0 Å². The van der Waals surface area contributed by atoms with E-state index in [-0.39, 0.29) is 24.7 Å². The third kappa shape index (κ3) is 5.92. The van der Waals surface area contributed by atoms with Gasteiger partial charge in [-0.05, 0) is 36.8 Å². The van der Waals surface area contributed by atoms with E-state index in [0.717, 1.165) is 6.07 Å². The molecule has 1 aliphatic rings. The maximum absolute atomic E-state index is 14.8. The van der Waals surface area contributed by atoms with Crippen molar-refractivity contribution in [3.8, 4) is 16.9 Å². The molecule has 1 saturated heterocycles. The lowest BCUT2D eigenvalue weighted by Crippen LogP contribution is -2.31. The van der Waals surface area contributed by atoms with Gasteiger partial charge in [-0.1, -0.05) is 6.07 Å². The summed E-state index contributed by atoms with van der Waals surface area (Å²) in [4.78, 5) is 0. The summed E-state index contributed by atoms with van der Waals surface area (Å²) in [7, 11) is 0. The van der Waals surface area contributed by atoms with Gasteiger partial charge in [0.2, 0.25) is 0 Å². The van der Waals surface area contributed by atoms with E-state index >= 15 is 0 Å². The predicted molar refractivity (Wildman–Crippen MR) is 117 cm³/mol. The van der Waals surface area contributed by atoms with Crippen LogP contribution in [0.15, 0.2) is 42.5 Å². The fourth-order valence-corrected chi connectivity index (χ4v) is 3.86. The second-order valence-electron chi connectivity index (χ2n) is 8.39. The van der Waals surface area contributed by atoms with E-state index < -0.39 is 69.7 Å². The average molecular weight is 548 g/mol. The van der Waals surface area contributed by atoms with Gasteiger partial charge in [-0.25, -0.2) is 26.3 Å². The van der Waals surface area contributed by atoms with Gasteiger partial charge in [0.15, 0.2) is 17.9 Å². The molecular weight excluding hydrogens is 528 g/mol. The molecule has 3 aromatic carbocycles. The van der Waals surface area contributed by atoms with E-state index in [1.165, 1.54) is 0 Å². The van der Waals surface area contributed by atoms with Crippen LogP contribution < -0.4 is 4.74 Å². The Morgan fingerprint density at radius 3 is 1.95 bits per heavy atom. The molecule has 0 bridgehead atoms. The molecule has 1 fully saturated rings. The van der Waals surface area contributed by atoms with E-state index in [1.54, 1.807) is 6.92 Å². The third-order valence-corrected chi connectivity index (χ3v) is 5.62. The first-order valence-electron chi connectivity index (χ1n) is 11.3. The lowest BCUT2D eigenvalue weighted by Gasteiger charge is -2.30. The van der Waals surface area contributed by atoms with Gasteiger partial charge >= 0.3 is 6.11 Å². The molecule has 0 unspecified atom stereocenters. The fraction of sp³-hybridized carbons (Fsp3) is 0.308. The molecule has 0 spiro atoms. The van der Waals surface area contributed by atoms with Crippen LogP contribution in [0.5, 0.6) is 5.75 Å². The topological polar surface area (TPSA) is 36.9 Å². The number of benzene rings is 3. The molecule has 0 N–H and O–H groups in total. The van der Waals surface area contributed by atoms with E-state index in [0.29, 0.717) is 49.6 Å². The summed E-state index contributed by atoms with van der Waals surface area (Å²) in [6.45, 7) is 2.92. The summed E-state index contributed by atoms with van der Waals surface area (Å²) in [6.07, 6.45) is -5.92. The van der Waals surface area contributed by atoms with Gasteiger partial charge in [0.05, 0.1) is 25.4 Å². The predicted octanol–water partition coefficient (Wildman–Crippen LogP) is 7.01. The standard InChI is InChI=1S/C26H20F8O4/c1-2-35-10-13-11-36-25(37-12-13)15-6-21(31)24(22(32)7-15)26(33,34)38-16-8-19(29)23(20(30)9-16)14-3-4-17(27)18(28)5-14/h3-9,13,25H,2,10-12H2,1H3. The van der Waals surface area contributed by atoms with Crippen molar-refractivity contribution >= 4 is 0 Å². The zero-order valence-electron chi connectivity index (χ0n) is 19.7. The molecule has 1 heterocycles. The summed E-state index contributed by atoms with van der Waals surface area (Å²) in [5.41, 5.74) is -3.28. The number of alkyl halides is 2. The molecule has 0 radical (unpaired) electrons. The van der Waals surface area contributed by atoms with E-state index in [4.69, 9.17) is 14.2 Å². The Balaban J connectivity index is 1.54. The van der Waals surface area contributed by atoms with Crippen LogP contribution in [0.25, 0.3) is 11.1 Å². The van der Waals surface area contributed by atoms with Gasteiger partial charge in [0.1, 0.15) is 34.6 Å². The van der Waals surface area contributed by atoms with E-state index in [9.17, 15) is 35.1 Å². The minimum atomic E-state index is -4.70. The maximum Gasteiger partial charge on any atom is 0.432 e. The van der Waals surface area contributed by atoms with Gasteiger partial charge in [0, 0.05) is 30.2 Å². The van der Waals surface area contributed by atoms with Gasteiger partial charge in [-0.2, -0.15) is 8.78 Å². The Labute approximate surface area is 211 Å². The van der Waals surface area contributed by atoms with Crippen molar-refractivity contribution < 1.29 is 54.1 Å². The molecular formula is C26H20F8O4. The van der Waals surface area contributed by atoms with Gasteiger partial charge in [0.25, 0.3) is 0 Å². The zero-order chi connectivity index (χ0) is 27.6. The smallest absolute Gasteiger partial charge is 0.429 e. The molecule has 3 aromatic rings. The van der Waals surface area contributed by atoms with Crippen molar-refractivity contribution in [1.82, 2.24) is 0 Å². The highest BCUT2D eigenvalue weighted by molar-refractivity contribution is 5.66. The maximum atomic E-state index is 14.8. The molecule has 0 amide bonds. The molecule has 0 aliphatic carbocycles. The lowest BCUT2D eigenvalue weighted by molar-refractivity contribution is -0.212. The molecule has 0 aromatic heterocycles. The van der Waals surface area contributed by atoms with Crippen molar-refractivity contribution in [2.24, 2.45) is 5.92 Å². The number of hydrogen-bond acceptors (Lipinski definition) is 4. The molecule has 0 atom stereocenters. The lowest BCUT2D eigenvalue weighted by atomic mass is 10.0. The molecule has 12 heteroatoms. The molecule has 4 nitrogen and oxygen atoms in total. The Bertz CT molecular complexity index is 1260. The third-order valence-electron chi connectivity index (χ3n) is 5.62. The quantitative estimate of drug-likeness (QED) is 0.284. The molecule has 1 aliphatic heterocycles. The largest absolute Gasteiger partial charge is 0.432 e. The second kappa shape index (κ2) is 11.3. The molecule has 204 valence electrons. The van der Waals surface area contributed by atoms with E-state index in [1.807, 2.05) is 0 Å². The number of halogens is 8. The molecule has 4 rings (SSSR count). The van der Waals surface area contributed by atoms with Crippen molar-refractivity contribution in [3.63, 3.8) is 0 Å². The Kier molecular flexibility index (Phi) is 8.24. The van der Waals surface area contributed by atoms with Crippen LogP contribution in [0.2, 0.25) is 0 Å². The SMILES string of the molecule is CCOCC1COC(c2cc(F)c(C(F)(F)Oc3cc(F)c(-c4ccc(F)c(F)c4)c(F)c3)c(F)c2)OC1. The van der Waals surface area contributed by atoms with Crippen LogP contribution in [-0.2, 0) is 20.3 Å². The highest BCUT2D eigenvalue weighted by Crippen LogP contribution is 2.39. The molecule has 0 saturated carbocycles. The van der Waals surface area contributed by atoms with Crippen molar-refractivity contribution in [1.29, 1.82) is 0 Å². The summed E-state index contributed by atoms with van der Waals surface area (Å²) >= 11 is 0. The summed E-state index contributed by atoms with van der Waals surface area (Å²) in [5, 5.41) is 0. The number of rotatable bonds is 8. The van der Waals surface area contributed by atoms with Crippen LogP contribution in [0, 0.1) is 40.8 Å². The minimum absolute atomic E-state index is 0.118. The van der Waals surface area contributed by atoms with Crippen LogP contribution in [0.3, 0.4) is 0 Å². The normalized spacial score (nSPS) is 18.0. The first-order chi connectivity index (χ1) is 18.0. The van der Waals surface area contributed by atoms with E-state index in [2.05, 4.69) is 4.74 Å². The Morgan fingerprint density at radius 2 is 1.39 bits per heavy atom. The Hall–Kier alpha value is -3.22. The Morgan fingerprint density at radius 1 is 0.789 bits per heavy atom. The monoisotopic (exact) mass is 548 g/mol. The van der Waals surface area contributed by atoms with Crippen LogP contribution in [0.1, 0.15) is 24.3 Å².